The molecule has 0 aromatic heterocycles. The highest BCUT2D eigenvalue weighted by molar-refractivity contribution is 5.22. The number of hydrogen-bond donors (Lipinski definition) is 1. The maximum Gasteiger partial charge on any atom is 0.128 e. The van der Waals surface area contributed by atoms with E-state index in [1.807, 2.05) is 20.8 Å². The lowest BCUT2D eigenvalue weighted by Crippen LogP contribution is -1.89. The van der Waals surface area contributed by atoms with Gasteiger partial charge in [0, 0.05) is 5.56 Å². The maximum atomic E-state index is 12.7. The van der Waals surface area contributed by atoms with Crippen molar-refractivity contribution in [3.05, 3.63) is 35.1 Å². The molecule has 1 rings (SSSR count). The normalized spacial score (nSPS) is 8.75. The standard InChI is InChI=1S/C8H9FO.C2H6/c1-6-2-3-7(5-10)8(9)4-6;1-2/h2-4,10H,5H2,1H3;1-2H3. The van der Waals surface area contributed by atoms with E-state index in [0.717, 1.165) is 5.56 Å². The molecule has 0 saturated heterocycles. The highest BCUT2D eigenvalue weighted by Crippen LogP contribution is 2.08. The summed E-state index contributed by atoms with van der Waals surface area (Å²) in [6, 6.07) is 4.77. The van der Waals surface area contributed by atoms with E-state index in [-0.39, 0.29) is 12.4 Å². The van der Waals surface area contributed by atoms with Gasteiger partial charge in [0.2, 0.25) is 0 Å². The fourth-order valence-electron chi connectivity index (χ4n) is 0.781. The first-order valence-corrected chi connectivity index (χ1v) is 4.10. The topological polar surface area (TPSA) is 20.2 Å². The molecule has 68 valence electrons. The van der Waals surface area contributed by atoms with Gasteiger partial charge in [-0.3, -0.25) is 0 Å². The second-order valence-electron chi connectivity index (χ2n) is 2.25. The van der Waals surface area contributed by atoms with E-state index >= 15 is 0 Å². The first-order valence-electron chi connectivity index (χ1n) is 4.10. The van der Waals surface area contributed by atoms with E-state index in [4.69, 9.17) is 5.11 Å². The molecule has 0 bridgehead atoms. The van der Waals surface area contributed by atoms with Crippen molar-refractivity contribution in [2.75, 3.05) is 0 Å². The van der Waals surface area contributed by atoms with Crippen LogP contribution in [0.5, 0.6) is 0 Å². The van der Waals surface area contributed by atoms with E-state index in [1.165, 1.54) is 6.07 Å². The van der Waals surface area contributed by atoms with Crippen LogP contribution in [0.2, 0.25) is 0 Å². The summed E-state index contributed by atoms with van der Waals surface area (Å²) in [6.45, 7) is 5.58. The monoisotopic (exact) mass is 170 g/mol. The SMILES string of the molecule is CC.Cc1ccc(CO)c(F)c1. The Bertz CT molecular complexity index is 233. The molecule has 0 amide bonds. The van der Waals surface area contributed by atoms with Gasteiger partial charge in [-0.25, -0.2) is 4.39 Å². The van der Waals surface area contributed by atoms with E-state index in [1.54, 1.807) is 12.1 Å². The van der Waals surface area contributed by atoms with Gasteiger partial charge in [0.05, 0.1) is 6.61 Å². The van der Waals surface area contributed by atoms with Crippen LogP contribution in [0.15, 0.2) is 18.2 Å². The fourth-order valence-corrected chi connectivity index (χ4v) is 0.781. The van der Waals surface area contributed by atoms with Crippen molar-refractivity contribution in [3.8, 4) is 0 Å². The van der Waals surface area contributed by atoms with Crippen molar-refractivity contribution < 1.29 is 9.50 Å². The third kappa shape index (κ3) is 3.01. The third-order valence-corrected chi connectivity index (χ3v) is 1.38. The molecule has 0 fully saturated rings. The van der Waals surface area contributed by atoms with Crippen LogP contribution in [0.4, 0.5) is 4.39 Å². The summed E-state index contributed by atoms with van der Waals surface area (Å²) in [6.07, 6.45) is 0. The Labute approximate surface area is 72.9 Å². The van der Waals surface area contributed by atoms with Crippen LogP contribution in [-0.4, -0.2) is 5.11 Å². The Kier molecular flexibility index (Phi) is 5.30. The summed E-state index contributed by atoms with van der Waals surface area (Å²) in [7, 11) is 0. The molecule has 0 aliphatic heterocycles. The van der Waals surface area contributed by atoms with Crippen molar-refractivity contribution in [1.82, 2.24) is 0 Å². The molecule has 0 radical (unpaired) electrons. The summed E-state index contributed by atoms with van der Waals surface area (Å²) in [5, 5.41) is 8.57. The van der Waals surface area contributed by atoms with Crippen molar-refractivity contribution >= 4 is 0 Å². The molecule has 1 N–H and O–H groups in total. The van der Waals surface area contributed by atoms with E-state index in [2.05, 4.69) is 0 Å². The van der Waals surface area contributed by atoms with Crippen LogP contribution in [0.1, 0.15) is 25.0 Å². The van der Waals surface area contributed by atoms with Gasteiger partial charge in [0.15, 0.2) is 0 Å². The summed E-state index contributed by atoms with van der Waals surface area (Å²) in [5.74, 6) is -0.331. The number of hydrogen-bond acceptors (Lipinski definition) is 1. The minimum Gasteiger partial charge on any atom is -0.392 e. The Morgan fingerprint density at radius 1 is 1.33 bits per heavy atom. The number of aryl methyl sites for hydroxylation is 1. The van der Waals surface area contributed by atoms with Crippen LogP contribution in [0.3, 0.4) is 0 Å². The summed E-state index contributed by atoms with van der Waals surface area (Å²) < 4.78 is 12.7. The third-order valence-electron chi connectivity index (χ3n) is 1.38. The Balaban J connectivity index is 0.000000561. The first-order chi connectivity index (χ1) is 5.74. The first kappa shape index (κ1) is 11.1. The van der Waals surface area contributed by atoms with Crippen molar-refractivity contribution in [2.45, 2.75) is 27.4 Å². The summed E-state index contributed by atoms with van der Waals surface area (Å²) in [5.41, 5.74) is 1.22. The Morgan fingerprint density at radius 2 is 1.92 bits per heavy atom. The quantitative estimate of drug-likeness (QED) is 0.687. The van der Waals surface area contributed by atoms with Crippen molar-refractivity contribution in [2.24, 2.45) is 0 Å². The van der Waals surface area contributed by atoms with Gasteiger partial charge >= 0.3 is 0 Å². The lowest BCUT2D eigenvalue weighted by molar-refractivity contribution is 0.275. The summed E-state index contributed by atoms with van der Waals surface area (Å²) >= 11 is 0. The largest absolute Gasteiger partial charge is 0.392 e. The highest BCUT2D eigenvalue weighted by Gasteiger charge is 1.98. The highest BCUT2D eigenvalue weighted by atomic mass is 19.1. The smallest absolute Gasteiger partial charge is 0.128 e. The zero-order chi connectivity index (χ0) is 9.56. The molecule has 0 saturated carbocycles. The molecule has 12 heavy (non-hydrogen) atoms. The number of aliphatic hydroxyl groups excluding tert-OH is 1. The molecule has 1 aromatic carbocycles. The van der Waals surface area contributed by atoms with Crippen LogP contribution < -0.4 is 0 Å². The molecule has 0 atom stereocenters. The van der Waals surface area contributed by atoms with Gasteiger partial charge in [0.25, 0.3) is 0 Å². The fraction of sp³-hybridized carbons (Fsp3) is 0.400. The molecule has 0 unspecified atom stereocenters. The molecular formula is C10H15FO. The minimum absolute atomic E-state index is 0.230. The minimum atomic E-state index is -0.331. The molecule has 0 heterocycles. The molecule has 1 aromatic rings. The molecule has 1 nitrogen and oxygen atoms in total. The Morgan fingerprint density at radius 3 is 2.33 bits per heavy atom. The van der Waals surface area contributed by atoms with Crippen molar-refractivity contribution in [1.29, 1.82) is 0 Å². The zero-order valence-electron chi connectivity index (χ0n) is 7.76. The predicted molar refractivity (Wildman–Crippen MR) is 48.4 cm³/mol. The molecule has 2 heteroatoms. The Hall–Kier alpha value is -0.890. The van der Waals surface area contributed by atoms with Crippen LogP contribution in [0.25, 0.3) is 0 Å². The molecule has 0 aliphatic carbocycles. The lowest BCUT2D eigenvalue weighted by atomic mass is 10.1. The predicted octanol–water partition coefficient (Wildman–Crippen LogP) is 2.65. The van der Waals surface area contributed by atoms with Gasteiger partial charge < -0.3 is 5.11 Å². The van der Waals surface area contributed by atoms with E-state index in [0.29, 0.717) is 5.56 Å². The average Bonchev–Trinajstić information content (AvgIpc) is 2.08. The average molecular weight is 170 g/mol. The summed E-state index contributed by atoms with van der Waals surface area (Å²) in [4.78, 5) is 0. The van der Waals surface area contributed by atoms with E-state index in [9.17, 15) is 4.39 Å². The van der Waals surface area contributed by atoms with Crippen LogP contribution in [0, 0.1) is 12.7 Å². The number of benzene rings is 1. The zero-order valence-corrected chi connectivity index (χ0v) is 7.76. The molecular weight excluding hydrogens is 155 g/mol. The van der Waals surface area contributed by atoms with E-state index < -0.39 is 0 Å². The van der Waals surface area contributed by atoms with Gasteiger partial charge in [-0.2, -0.15) is 0 Å². The number of halogens is 1. The molecule has 0 spiro atoms. The number of aliphatic hydroxyl groups is 1. The van der Waals surface area contributed by atoms with Gasteiger partial charge in [-0.15, -0.1) is 0 Å². The van der Waals surface area contributed by atoms with Gasteiger partial charge in [-0.05, 0) is 18.6 Å². The second kappa shape index (κ2) is 5.72. The lowest BCUT2D eigenvalue weighted by Gasteiger charge is -1.98. The van der Waals surface area contributed by atoms with Crippen LogP contribution >= 0.6 is 0 Å². The van der Waals surface area contributed by atoms with Gasteiger partial charge in [-0.1, -0.05) is 26.0 Å². The molecule has 0 aliphatic rings. The van der Waals surface area contributed by atoms with Crippen LogP contribution in [-0.2, 0) is 6.61 Å². The maximum absolute atomic E-state index is 12.7. The van der Waals surface area contributed by atoms with Crippen molar-refractivity contribution in [3.63, 3.8) is 0 Å². The number of rotatable bonds is 1. The van der Waals surface area contributed by atoms with Gasteiger partial charge in [0.1, 0.15) is 5.82 Å². The second-order valence-corrected chi connectivity index (χ2v) is 2.25.